The van der Waals surface area contributed by atoms with Gasteiger partial charge in [0, 0.05) is 25.4 Å². The number of aromatic nitrogens is 5. The highest BCUT2D eigenvalue weighted by Gasteiger charge is 2.13. The van der Waals surface area contributed by atoms with Crippen molar-refractivity contribution in [1.29, 1.82) is 0 Å². The van der Waals surface area contributed by atoms with Crippen molar-refractivity contribution in [3.05, 3.63) is 60.0 Å². The number of hydrogen-bond acceptors (Lipinski definition) is 7. The number of nitrogens with one attached hydrogen (secondary N) is 1. The first-order valence-corrected chi connectivity index (χ1v) is 9.61. The summed E-state index contributed by atoms with van der Waals surface area (Å²) < 4.78 is 5.79. The summed E-state index contributed by atoms with van der Waals surface area (Å²) in [7, 11) is 0. The number of pyridine rings is 1. The molecule has 0 amide bonds. The molecular weight excluding hydrogens is 384 g/mol. The van der Waals surface area contributed by atoms with Gasteiger partial charge in [-0.05, 0) is 37.2 Å². The molecule has 0 aliphatic rings. The van der Waals surface area contributed by atoms with Crippen molar-refractivity contribution >= 4 is 17.5 Å². The molecule has 0 fully saturated rings. The lowest BCUT2D eigenvalue weighted by Gasteiger charge is -2.17. The highest BCUT2D eigenvalue weighted by atomic mass is 16.4. The molecule has 0 atom stereocenters. The maximum atomic E-state index is 8.36. The lowest BCUT2D eigenvalue weighted by molar-refractivity contribution is -0.122. The summed E-state index contributed by atoms with van der Waals surface area (Å²) in [5.41, 5.74) is 4.16. The Morgan fingerprint density at radius 3 is 2.77 bits per heavy atom. The molecule has 2 N–H and O–H groups in total. The normalized spacial score (nSPS) is 10.8. The van der Waals surface area contributed by atoms with Gasteiger partial charge in [-0.25, -0.2) is 4.98 Å². The summed E-state index contributed by atoms with van der Waals surface area (Å²) in [6.07, 6.45) is 4.28. The van der Waals surface area contributed by atoms with Gasteiger partial charge in [0.1, 0.15) is 5.82 Å². The summed E-state index contributed by atoms with van der Waals surface area (Å²) in [6.45, 7) is 6.33. The molecule has 9 heteroatoms. The molecule has 0 saturated carbocycles. The average Bonchev–Trinajstić information content (AvgIpc) is 3.40. The third-order valence-corrected chi connectivity index (χ3v) is 4.61. The molecule has 0 radical (unpaired) electrons. The van der Waals surface area contributed by atoms with Gasteiger partial charge in [0.05, 0.1) is 23.1 Å². The van der Waals surface area contributed by atoms with Crippen molar-refractivity contribution in [1.82, 2.24) is 30.0 Å². The molecule has 9 nitrogen and oxygen atoms in total. The Bertz CT molecular complexity index is 1080. The van der Waals surface area contributed by atoms with Gasteiger partial charge < -0.3 is 14.5 Å². The fraction of sp³-hybridized carbons (Fsp3) is 0.286. The van der Waals surface area contributed by atoms with Gasteiger partial charge >= 0.3 is 0 Å². The summed E-state index contributed by atoms with van der Waals surface area (Å²) in [5, 5.41) is 15.2. The summed E-state index contributed by atoms with van der Waals surface area (Å²) >= 11 is 0. The number of para-hydroxylation sites is 1. The minimum absolute atomic E-state index is 0.250. The number of fused-ring (bicyclic) bond motifs is 1. The Morgan fingerprint density at radius 2 is 2.07 bits per heavy atom. The zero-order valence-electron chi connectivity index (χ0n) is 16.9. The van der Waals surface area contributed by atoms with Crippen LogP contribution in [0.2, 0.25) is 0 Å². The van der Waals surface area contributed by atoms with Crippen molar-refractivity contribution in [3.63, 3.8) is 0 Å². The number of aryl methyl sites for hydroxylation is 1. The van der Waals surface area contributed by atoms with E-state index in [0.717, 1.165) is 41.9 Å². The molecule has 0 aliphatic carbocycles. The zero-order valence-corrected chi connectivity index (χ0v) is 16.9. The topological polar surface area (TPSA) is 121 Å². The first-order chi connectivity index (χ1) is 14.6. The van der Waals surface area contributed by atoms with Crippen LogP contribution in [0.25, 0.3) is 22.5 Å². The maximum absolute atomic E-state index is 8.36. The second kappa shape index (κ2) is 10.3. The third-order valence-electron chi connectivity index (χ3n) is 4.61. The fourth-order valence-corrected chi connectivity index (χ4v) is 3.07. The van der Waals surface area contributed by atoms with Crippen LogP contribution < -0.4 is 0 Å². The number of nitrogens with zero attached hydrogens (tertiary/aromatic N) is 5. The predicted octanol–water partition coefficient (Wildman–Crippen LogP) is 3.08. The molecule has 3 aromatic heterocycles. The van der Waals surface area contributed by atoms with E-state index in [1.807, 2.05) is 18.2 Å². The molecule has 0 spiro atoms. The van der Waals surface area contributed by atoms with Crippen molar-refractivity contribution in [2.24, 2.45) is 0 Å². The number of rotatable bonds is 7. The van der Waals surface area contributed by atoms with E-state index >= 15 is 0 Å². The number of carboxylic acid groups (broad SMARTS) is 1. The van der Waals surface area contributed by atoms with E-state index in [2.05, 4.69) is 51.0 Å². The number of imidazole rings is 1. The van der Waals surface area contributed by atoms with E-state index in [9.17, 15) is 0 Å². The van der Waals surface area contributed by atoms with Crippen LogP contribution in [0.5, 0.6) is 0 Å². The Kier molecular flexibility index (Phi) is 7.23. The Morgan fingerprint density at radius 1 is 1.23 bits per heavy atom. The SMILES string of the molecule is CCN(CCc1nc2c(C)cccc2[nH]1)Cc1nnc(-c2cccnc2)o1.O=CO. The minimum Gasteiger partial charge on any atom is -0.483 e. The number of benzene rings is 1. The quantitative estimate of drug-likeness (QED) is 0.448. The van der Waals surface area contributed by atoms with Crippen LogP contribution in [0.1, 0.15) is 24.2 Å². The van der Waals surface area contributed by atoms with E-state index in [1.165, 1.54) is 5.56 Å². The first kappa shape index (κ1) is 21.1. The van der Waals surface area contributed by atoms with Crippen molar-refractivity contribution < 1.29 is 14.3 Å². The molecule has 4 rings (SSSR count). The summed E-state index contributed by atoms with van der Waals surface area (Å²) in [4.78, 5) is 22.8. The predicted molar refractivity (Wildman–Crippen MR) is 112 cm³/mol. The van der Waals surface area contributed by atoms with E-state index in [0.29, 0.717) is 18.3 Å². The minimum atomic E-state index is -0.250. The number of H-pyrrole nitrogens is 1. The highest BCUT2D eigenvalue weighted by molar-refractivity contribution is 5.78. The Balaban J connectivity index is 0.000000806. The van der Waals surface area contributed by atoms with Crippen molar-refractivity contribution in [3.8, 4) is 11.5 Å². The maximum Gasteiger partial charge on any atom is 0.290 e. The van der Waals surface area contributed by atoms with Crippen LogP contribution in [0, 0.1) is 6.92 Å². The van der Waals surface area contributed by atoms with Gasteiger partial charge in [-0.15, -0.1) is 10.2 Å². The third kappa shape index (κ3) is 5.26. The van der Waals surface area contributed by atoms with Crippen molar-refractivity contribution in [2.45, 2.75) is 26.8 Å². The molecule has 0 aliphatic heterocycles. The zero-order chi connectivity index (χ0) is 21.3. The number of aromatic amines is 1. The van der Waals surface area contributed by atoms with E-state index in [-0.39, 0.29) is 6.47 Å². The smallest absolute Gasteiger partial charge is 0.290 e. The van der Waals surface area contributed by atoms with Crippen molar-refractivity contribution in [2.75, 3.05) is 13.1 Å². The van der Waals surface area contributed by atoms with Crippen LogP contribution >= 0.6 is 0 Å². The van der Waals surface area contributed by atoms with Crippen LogP contribution in [-0.2, 0) is 17.8 Å². The lowest BCUT2D eigenvalue weighted by Crippen LogP contribution is -2.25. The van der Waals surface area contributed by atoms with Gasteiger partial charge in [-0.1, -0.05) is 19.1 Å². The standard InChI is InChI=1S/C20H22N6O.CH2O2/c1-3-26(11-9-17-22-16-8-4-6-14(2)19(16)23-17)13-18-24-25-20(27-18)15-7-5-10-21-12-15;2-1-3/h4-8,10,12H,3,9,11,13H2,1-2H3,(H,22,23);1H,(H,2,3). The van der Waals surface area contributed by atoms with Crippen LogP contribution in [0.15, 0.2) is 47.1 Å². The molecule has 0 bridgehead atoms. The fourth-order valence-electron chi connectivity index (χ4n) is 3.07. The summed E-state index contributed by atoms with van der Waals surface area (Å²) in [6, 6.07) is 9.96. The van der Waals surface area contributed by atoms with E-state index in [1.54, 1.807) is 12.4 Å². The molecule has 1 aromatic carbocycles. The molecule has 4 aromatic rings. The number of carbonyl (C=O) groups is 1. The molecule has 0 unspecified atom stereocenters. The van der Waals surface area contributed by atoms with Gasteiger partial charge in [-0.2, -0.15) is 0 Å². The van der Waals surface area contributed by atoms with Crippen LogP contribution in [0.3, 0.4) is 0 Å². The largest absolute Gasteiger partial charge is 0.483 e. The second-order valence-corrected chi connectivity index (χ2v) is 6.62. The molecule has 156 valence electrons. The number of hydrogen-bond donors (Lipinski definition) is 2. The van der Waals surface area contributed by atoms with Gasteiger partial charge in [-0.3, -0.25) is 14.7 Å². The van der Waals surface area contributed by atoms with Crippen LogP contribution in [0.4, 0.5) is 0 Å². The average molecular weight is 408 g/mol. The molecule has 3 heterocycles. The van der Waals surface area contributed by atoms with E-state index in [4.69, 9.17) is 19.3 Å². The van der Waals surface area contributed by atoms with Gasteiger partial charge in [0.15, 0.2) is 0 Å². The second-order valence-electron chi connectivity index (χ2n) is 6.62. The Hall–Kier alpha value is -3.59. The van der Waals surface area contributed by atoms with E-state index < -0.39 is 0 Å². The first-order valence-electron chi connectivity index (χ1n) is 9.61. The molecular formula is C21H24N6O3. The van der Waals surface area contributed by atoms with Gasteiger partial charge in [0.2, 0.25) is 11.8 Å². The lowest BCUT2D eigenvalue weighted by atomic mass is 10.2. The number of likely N-dealkylation sites (N-methyl/N-ethyl adjacent to an activating group) is 1. The van der Waals surface area contributed by atoms with Crippen LogP contribution in [-0.4, -0.2) is 54.7 Å². The summed E-state index contributed by atoms with van der Waals surface area (Å²) in [5.74, 6) is 2.11. The molecule has 30 heavy (non-hydrogen) atoms. The monoisotopic (exact) mass is 408 g/mol. The highest BCUT2D eigenvalue weighted by Crippen LogP contribution is 2.18. The molecule has 0 saturated heterocycles. The van der Waals surface area contributed by atoms with Gasteiger partial charge in [0.25, 0.3) is 6.47 Å². The Labute approximate surface area is 173 Å².